The number of likely N-dealkylation sites (tertiary alicyclic amines) is 1. The molecular weight excluding hydrogens is 256 g/mol. The van der Waals surface area contributed by atoms with Crippen molar-refractivity contribution in [2.45, 2.75) is 45.6 Å². The van der Waals surface area contributed by atoms with E-state index >= 15 is 0 Å². The number of hydrogen-bond donors (Lipinski definition) is 1. The lowest BCUT2D eigenvalue weighted by Crippen LogP contribution is -2.49. The van der Waals surface area contributed by atoms with Gasteiger partial charge < -0.3 is 10.6 Å². The van der Waals surface area contributed by atoms with Crippen molar-refractivity contribution in [3.05, 3.63) is 21.9 Å². The van der Waals surface area contributed by atoms with Gasteiger partial charge in [0.05, 0.1) is 4.88 Å². The minimum atomic E-state index is 0.192. The molecule has 1 aromatic heterocycles. The molecule has 0 aromatic carbocycles. The van der Waals surface area contributed by atoms with Crippen molar-refractivity contribution >= 4 is 17.2 Å². The molecule has 0 saturated carbocycles. The van der Waals surface area contributed by atoms with Crippen LogP contribution in [0.15, 0.2) is 11.4 Å². The van der Waals surface area contributed by atoms with Crippen molar-refractivity contribution in [3.63, 3.8) is 0 Å². The van der Waals surface area contributed by atoms with Crippen LogP contribution in [0.2, 0.25) is 0 Å². The molecule has 2 atom stereocenters. The van der Waals surface area contributed by atoms with Crippen LogP contribution in [-0.4, -0.2) is 29.9 Å². The number of aryl methyl sites for hydroxylation is 1. The molecule has 106 valence electrons. The van der Waals surface area contributed by atoms with Gasteiger partial charge in [0.2, 0.25) is 0 Å². The van der Waals surface area contributed by atoms with Crippen LogP contribution in [0.1, 0.15) is 48.3 Å². The number of nitrogens with two attached hydrogens (primary N) is 1. The van der Waals surface area contributed by atoms with Gasteiger partial charge in [0.1, 0.15) is 0 Å². The first-order valence-corrected chi connectivity index (χ1v) is 8.16. The molecule has 0 spiro atoms. The quantitative estimate of drug-likeness (QED) is 0.922. The molecule has 3 nitrogen and oxygen atoms in total. The Kier molecular flexibility index (Phi) is 4.99. The van der Waals surface area contributed by atoms with E-state index in [9.17, 15) is 4.79 Å². The van der Waals surface area contributed by atoms with E-state index in [1.807, 2.05) is 10.3 Å². The summed E-state index contributed by atoms with van der Waals surface area (Å²) in [6.45, 7) is 5.77. The lowest BCUT2D eigenvalue weighted by atomic mass is 9.88. The number of amides is 1. The first-order chi connectivity index (χ1) is 9.21. The summed E-state index contributed by atoms with van der Waals surface area (Å²) in [5.41, 5.74) is 7.05. The van der Waals surface area contributed by atoms with Gasteiger partial charge in [-0.15, -0.1) is 11.3 Å². The third kappa shape index (κ3) is 3.00. The molecular formula is C15H24N2OS. The summed E-state index contributed by atoms with van der Waals surface area (Å²) < 4.78 is 0. The monoisotopic (exact) mass is 280 g/mol. The third-order valence-corrected chi connectivity index (χ3v) is 5.20. The molecule has 1 aliphatic heterocycles. The standard InChI is InChI=1S/C15H24N2OS/c1-3-11-5-7-17(13(9-11)10-16)15(18)14-12(4-2)6-8-19-14/h6,8,11,13H,3-5,7,9-10,16H2,1-2H3. The summed E-state index contributed by atoms with van der Waals surface area (Å²) in [5, 5.41) is 2.02. The van der Waals surface area contributed by atoms with Crippen molar-refractivity contribution in [2.75, 3.05) is 13.1 Å². The number of carbonyl (C=O) groups is 1. The second-order valence-corrected chi connectivity index (χ2v) is 6.23. The van der Waals surface area contributed by atoms with Crippen LogP contribution in [0.5, 0.6) is 0 Å². The maximum absolute atomic E-state index is 12.7. The molecule has 0 aliphatic carbocycles. The molecule has 2 heterocycles. The Morgan fingerprint density at radius 1 is 1.53 bits per heavy atom. The number of nitrogens with zero attached hydrogens (tertiary/aromatic N) is 1. The highest BCUT2D eigenvalue weighted by atomic mass is 32.1. The fourth-order valence-electron chi connectivity index (χ4n) is 2.93. The summed E-state index contributed by atoms with van der Waals surface area (Å²) >= 11 is 1.56. The SMILES string of the molecule is CCc1ccsc1C(=O)N1CCC(CC)CC1CN. The Hall–Kier alpha value is -0.870. The van der Waals surface area contributed by atoms with E-state index in [0.29, 0.717) is 6.54 Å². The van der Waals surface area contributed by atoms with Gasteiger partial charge in [-0.25, -0.2) is 0 Å². The largest absolute Gasteiger partial charge is 0.334 e. The lowest BCUT2D eigenvalue weighted by Gasteiger charge is -2.38. The Balaban J connectivity index is 2.14. The summed E-state index contributed by atoms with van der Waals surface area (Å²) in [7, 11) is 0. The molecule has 4 heteroatoms. The smallest absolute Gasteiger partial charge is 0.264 e. The van der Waals surface area contributed by atoms with Crippen molar-refractivity contribution in [3.8, 4) is 0 Å². The molecule has 2 N–H and O–H groups in total. The van der Waals surface area contributed by atoms with Crippen molar-refractivity contribution < 1.29 is 4.79 Å². The zero-order valence-electron chi connectivity index (χ0n) is 11.9. The van der Waals surface area contributed by atoms with Crippen LogP contribution in [0, 0.1) is 5.92 Å². The highest BCUT2D eigenvalue weighted by Crippen LogP contribution is 2.28. The average Bonchev–Trinajstić information content (AvgIpc) is 2.94. The maximum atomic E-state index is 12.7. The molecule has 0 radical (unpaired) electrons. The number of hydrogen-bond acceptors (Lipinski definition) is 3. The van der Waals surface area contributed by atoms with Gasteiger partial charge in [-0.3, -0.25) is 4.79 Å². The van der Waals surface area contributed by atoms with E-state index in [0.717, 1.165) is 36.6 Å². The summed E-state index contributed by atoms with van der Waals surface area (Å²) in [6, 6.07) is 2.28. The van der Waals surface area contributed by atoms with Crippen LogP contribution in [0.4, 0.5) is 0 Å². The van der Waals surface area contributed by atoms with Crippen LogP contribution in [0.3, 0.4) is 0 Å². The second kappa shape index (κ2) is 6.53. The van der Waals surface area contributed by atoms with E-state index in [2.05, 4.69) is 19.9 Å². The van der Waals surface area contributed by atoms with Crippen LogP contribution in [-0.2, 0) is 6.42 Å². The topological polar surface area (TPSA) is 46.3 Å². The van der Waals surface area contributed by atoms with Gasteiger partial charge >= 0.3 is 0 Å². The molecule has 1 aliphatic rings. The number of rotatable bonds is 4. The van der Waals surface area contributed by atoms with Gasteiger partial charge in [0, 0.05) is 19.1 Å². The fourth-order valence-corrected chi connectivity index (χ4v) is 3.88. The van der Waals surface area contributed by atoms with Gasteiger partial charge in [-0.2, -0.15) is 0 Å². The molecule has 0 bridgehead atoms. The molecule has 19 heavy (non-hydrogen) atoms. The van der Waals surface area contributed by atoms with Crippen LogP contribution >= 0.6 is 11.3 Å². The number of carbonyl (C=O) groups excluding carboxylic acids is 1. The predicted octanol–water partition coefficient (Wildman–Crippen LogP) is 2.90. The zero-order valence-corrected chi connectivity index (χ0v) is 12.7. The minimum Gasteiger partial charge on any atom is -0.334 e. The summed E-state index contributed by atoms with van der Waals surface area (Å²) in [5.74, 6) is 0.920. The molecule has 1 fully saturated rings. The van der Waals surface area contributed by atoms with E-state index < -0.39 is 0 Å². The van der Waals surface area contributed by atoms with Gasteiger partial charge in [0.25, 0.3) is 5.91 Å². The van der Waals surface area contributed by atoms with E-state index in [1.54, 1.807) is 11.3 Å². The lowest BCUT2D eigenvalue weighted by molar-refractivity contribution is 0.0562. The van der Waals surface area contributed by atoms with E-state index in [-0.39, 0.29) is 11.9 Å². The fraction of sp³-hybridized carbons (Fsp3) is 0.667. The third-order valence-electron chi connectivity index (χ3n) is 4.26. The predicted molar refractivity (Wildman–Crippen MR) is 80.6 cm³/mol. The number of thiophene rings is 1. The Labute approximate surface area is 119 Å². The molecule has 2 rings (SSSR count). The normalized spacial score (nSPS) is 23.6. The minimum absolute atomic E-state index is 0.192. The Bertz CT molecular complexity index is 430. The first kappa shape index (κ1) is 14.5. The average molecular weight is 280 g/mol. The Morgan fingerprint density at radius 2 is 2.32 bits per heavy atom. The van der Waals surface area contributed by atoms with E-state index in [1.165, 1.54) is 12.0 Å². The van der Waals surface area contributed by atoms with Gasteiger partial charge in [-0.1, -0.05) is 20.3 Å². The maximum Gasteiger partial charge on any atom is 0.264 e. The van der Waals surface area contributed by atoms with Crippen molar-refractivity contribution in [1.82, 2.24) is 4.90 Å². The molecule has 1 aromatic rings. The summed E-state index contributed by atoms with van der Waals surface area (Å²) in [6.07, 6.45) is 4.29. The van der Waals surface area contributed by atoms with Crippen LogP contribution in [0.25, 0.3) is 0 Å². The highest BCUT2D eigenvalue weighted by molar-refractivity contribution is 7.12. The van der Waals surface area contributed by atoms with Gasteiger partial charge in [-0.05, 0) is 42.2 Å². The van der Waals surface area contributed by atoms with Crippen LogP contribution < -0.4 is 5.73 Å². The summed E-state index contributed by atoms with van der Waals surface area (Å²) in [4.78, 5) is 15.6. The molecule has 1 amide bonds. The second-order valence-electron chi connectivity index (χ2n) is 5.32. The number of piperidine rings is 1. The van der Waals surface area contributed by atoms with E-state index in [4.69, 9.17) is 5.73 Å². The molecule has 2 unspecified atom stereocenters. The Morgan fingerprint density at radius 3 is 2.95 bits per heavy atom. The first-order valence-electron chi connectivity index (χ1n) is 7.28. The molecule has 1 saturated heterocycles. The highest BCUT2D eigenvalue weighted by Gasteiger charge is 2.31. The zero-order chi connectivity index (χ0) is 13.8. The van der Waals surface area contributed by atoms with Crippen molar-refractivity contribution in [1.29, 1.82) is 0 Å². The van der Waals surface area contributed by atoms with Gasteiger partial charge in [0.15, 0.2) is 0 Å². The van der Waals surface area contributed by atoms with Crippen molar-refractivity contribution in [2.24, 2.45) is 11.7 Å².